The van der Waals surface area contributed by atoms with E-state index in [-0.39, 0.29) is 11.8 Å². The predicted molar refractivity (Wildman–Crippen MR) is 71.4 cm³/mol. The largest absolute Gasteiger partial charge is 0.494 e. The number of carbonyl (C=O) groups is 1. The normalized spacial score (nSPS) is 15.6. The maximum absolute atomic E-state index is 11.9. The van der Waals surface area contributed by atoms with E-state index >= 15 is 0 Å². The third kappa shape index (κ3) is 3.49. The summed E-state index contributed by atoms with van der Waals surface area (Å²) < 4.78 is 5.38. The lowest BCUT2D eigenvalue weighted by Crippen LogP contribution is -2.28. The highest BCUT2D eigenvalue weighted by molar-refractivity contribution is 5.78. The molecule has 0 bridgehead atoms. The SMILES string of the molecule is CCOc1ccc(CNC(=O)C2CCCC2)cc1. The van der Waals surface area contributed by atoms with Gasteiger partial charge in [-0.25, -0.2) is 0 Å². The van der Waals surface area contributed by atoms with Crippen LogP contribution in [0.1, 0.15) is 38.2 Å². The third-order valence-electron chi connectivity index (χ3n) is 3.43. The van der Waals surface area contributed by atoms with E-state index in [9.17, 15) is 4.79 Å². The molecule has 0 aliphatic heterocycles. The van der Waals surface area contributed by atoms with Crippen molar-refractivity contribution in [1.82, 2.24) is 5.32 Å². The van der Waals surface area contributed by atoms with Gasteiger partial charge in [0.25, 0.3) is 0 Å². The molecule has 3 nitrogen and oxygen atoms in total. The van der Waals surface area contributed by atoms with Crippen molar-refractivity contribution in [3.05, 3.63) is 29.8 Å². The van der Waals surface area contributed by atoms with E-state index < -0.39 is 0 Å². The zero-order valence-electron chi connectivity index (χ0n) is 10.9. The molecule has 0 radical (unpaired) electrons. The minimum atomic E-state index is 0.210. The minimum Gasteiger partial charge on any atom is -0.494 e. The second-order valence-corrected chi connectivity index (χ2v) is 4.78. The molecular formula is C15H21NO2. The molecule has 0 heterocycles. The average molecular weight is 247 g/mol. The van der Waals surface area contributed by atoms with Gasteiger partial charge in [0, 0.05) is 12.5 Å². The lowest BCUT2D eigenvalue weighted by atomic mass is 10.1. The first kappa shape index (κ1) is 12.9. The van der Waals surface area contributed by atoms with Crippen LogP contribution in [-0.2, 0) is 11.3 Å². The topological polar surface area (TPSA) is 38.3 Å². The summed E-state index contributed by atoms with van der Waals surface area (Å²) in [6.45, 7) is 3.26. The molecule has 1 aliphatic rings. The number of nitrogens with one attached hydrogen (secondary N) is 1. The van der Waals surface area contributed by atoms with E-state index in [0.717, 1.165) is 24.2 Å². The van der Waals surface area contributed by atoms with Crippen molar-refractivity contribution in [3.63, 3.8) is 0 Å². The minimum absolute atomic E-state index is 0.210. The number of amides is 1. The summed E-state index contributed by atoms with van der Waals surface area (Å²) in [7, 11) is 0. The molecule has 1 aromatic rings. The van der Waals surface area contributed by atoms with Crippen molar-refractivity contribution in [2.45, 2.75) is 39.2 Å². The Kier molecular flexibility index (Phi) is 4.62. The van der Waals surface area contributed by atoms with Crippen LogP contribution in [0.2, 0.25) is 0 Å². The fraction of sp³-hybridized carbons (Fsp3) is 0.533. The summed E-state index contributed by atoms with van der Waals surface area (Å²) in [5, 5.41) is 3.01. The summed E-state index contributed by atoms with van der Waals surface area (Å²) in [4.78, 5) is 11.9. The summed E-state index contributed by atoms with van der Waals surface area (Å²) >= 11 is 0. The van der Waals surface area contributed by atoms with Crippen LogP contribution < -0.4 is 10.1 Å². The molecule has 1 aromatic carbocycles. The molecule has 0 aromatic heterocycles. The number of carbonyl (C=O) groups excluding carboxylic acids is 1. The Balaban J connectivity index is 1.80. The third-order valence-corrected chi connectivity index (χ3v) is 3.43. The Morgan fingerprint density at radius 1 is 1.28 bits per heavy atom. The Bertz CT molecular complexity index is 380. The Morgan fingerprint density at radius 2 is 1.94 bits per heavy atom. The maximum atomic E-state index is 11.9. The van der Waals surface area contributed by atoms with Gasteiger partial charge in [-0.3, -0.25) is 4.79 Å². The fourth-order valence-electron chi connectivity index (χ4n) is 2.39. The van der Waals surface area contributed by atoms with Gasteiger partial charge < -0.3 is 10.1 Å². The highest BCUT2D eigenvalue weighted by Gasteiger charge is 2.21. The Labute approximate surface area is 109 Å². The van der Waals surface area contributed by atoms with Crippen LogP contribution in [0.4, 0.5) is 0 Å². The van der Waals surface area contributed by atoms with Crippen molar-refractivity contribution in [2.75, 3.05) is 6.61 Å². The molecule has 0 spiro atoms. The number of ether oxygens (including phenoxy) is 1. The highest BCUT2D eigenvalue weighted by atomic mass is 16.5. The molecule has 3 heteroatoms. The lowest BCUT2D eigenvalue weighted by molar-refractivity contribution is -0.124. The van der Waals surface area contributed by atoms with Crippen LogP contribution in [0.3, 0.4) is 0 Å². The van der Waals surface area contributed by atoms with E-state index in [1.54, 1.807) is 0 Å². The van der Waals surface area contributed by atoms with Crippen molar-refractivity contribution in [3.8, 4) is 5.75 Å². The van der Waals surface area contributed by atoms with Crippen LogP contribution >= 0.6 is 0 Å². The standard InChI is InChI=1S/C15H21NO2/c1-2-18-14-9-7-12(8-10-14)11-16-15(17)13-5-3-4-6-13/h7-10,13H,2-6,11H2,1H3,(H,16,17). The molecule has 1 fully saturated rings. The zero-order valence-corrected chi connectivity index (χ0v) is 10.9. The first-order valence-electron chi connectivity index (χ1n) is 6.79. The number of rotatable bonds is 5. The van der Waals surface area contributed by atoms with E-state index in [1.807, 2.05) is 31.2 Å². The van der Waals surface area contributed by atoms with Gasteiger partial charge in [0.05, 0.1) is 6.61 Å². The summed E-state index contributed by atoms with van der Waals surface area (Å²) in [6, 6.07) is 7.89. The Hall–Kier alpha value is -1.51. The number of hydrogen-bond donors (Lipinski definition) is 1. The average Bonchev–Trinajstić information content (AvgIpc) is 2.92. The van der Waals surface area contributed by atoms with E-state index in [1.165, 1.54) is 12.8 Å². The van der Waals surface area contributed by atoms with Crippen molar-refractivity contribution in [1.29, 1.82) is 0 Å². The number of benzene rings is 1. The van der Waals surface area contributed by atoms with Crippen LogP contribution in [0.15, 0.2) is 24.3 Å². The van der Waals surface area contributed by atoms with Gasteiger partial charge in [0.1, 0.15) is 5.75 Å². The Morgan fingerprint density at radius 3 is 2.56 bits per heavy atom. The van der Waals surface area contributed by atoms with Crippen LogP contribution in [-0.4, -0.2) is 12.5 Å². The quantitative estimate of drug-likeness (QED) is 0.868. The van der Waals surface area contributed by atoms with Gasteiger partial charge in [-0.05, 0) is 37.5 Å². The van der Waals surface area contributed by atoms with E-state index in [4.69, 9.17) is 4.74 Å². The van der Waals surface area contributed by atoms with Gasteiger partial charge >= 0.3 is 0 Å². The van der Waals surface area contributed by atoms with Crippen LogP contribution in [0, 0.1) is 5.92 Å². The molecule has 2 rings (SSSR count). The molecule has 1 amide bonds. The molecule has 1 N–H and O–H groups in total. The molecule has 98 valence electrons. The summed E-state index contributed by atoms with van der Waals surface area (Å²) in [5.41, 5.74) is 1.12. The maximum Gasteiger partial charge on any atom is 0.223 e. The lowest BCUT2D eigenvalue weighted by Gasteiger charge is -2.10. The van der Waals surface area contributed by atoms with Gasteiger partial charge in [0.15, 0.2) is 0 Å². The molecule has 1 aliphatic carbocycles. The van der Waals surface area contributed by atoms with Crippen molar-refractivity contribution in [2.24, 2.45) is 5.92 Å². The summed E-state index contributed by atoms with van der Waals surface area (Å²) in [6.07, 6.45) is 4.49. The van der Waals surface area contributed by atoms with Gasteiger partial charge in [-0.15, -0.1) is 0 Å². The molecule has 0 atom stereocenters. The number of hydrogen-bond acceptors (Lipinski definition) is 2. The fourth-order valence-corrected chi connectivity index (χ4v) is 2.39. The van der Waals surface area contributed by atoms with Gasteiger partial charge in [-0.2, -0.15) is 0 Å². The highest BCUT2D eigenvalue weighted by Crippen LogP contribution is 2.24. The molecular weight excluding hydrogens is 226 g/mol. The first-order chi connectivity index (χ1) is 8.79. The summed E-state index contributed by atoms with van der Waals surface area (Å²) in [5.74, 6) is 1.33. The van der Waals surface area contributed by atoms with E-state index in [2.05, 4.69) is 5.32 Å². The predicted octanol–water partition coefficient (Wildman–Crippen LogP) is 2.89. The monoisotopic (exact) mass is 247 g/mol. The molecule has 1 saturated carbocycles. The van der Waals surface area contributed by atoms with Gasteiger partial charge in [-0.1, -0.05) is 25.0 Å². The van der Waals surface area contributed by atoms with Crippen molar-refractivity contribution < 1.29 is 9.53 Å². The van der Waals surface area contributed by atoms with Crippen molar-refractivity contribution >= 4 is 5.91 Å². The second-order valence-electron chi connectivity index (χ2n) is 4.78. The molecule has 18 heavy (non-hydrogen) atoms. The van der Waals surface area contributed by atoms with Gasteiger partial charge in [0.2, 0.25) is 5.91 Å². The van der Waals surface area contributed by atoms with E-state index in [0.29, 0.717) is 13.2 Å². The van der Waals surface area contributed by atoms with Crippen LogP contribution in [0.25, 0.3) is 0 Å². The zero-order chi connectivity index (χ0) is 12.8. The first-order valence-corrected chi connectivity index (χ1v) is 6.79. The smallest absolute Gasteiger partial charge is 0.223 e. The molecule has 0 unspecified atom stereocenters. The second kappa shape index (κ2) is 6.43. The molecule has 0 saturated heterocycles. The van der Waals surface area contributed by atoms with Crippen LogP contribution in [0.5, 0.6) is 5.75 Å².